The molecule has 0 radical (unpaired) electrons. The van der Waals surface area contributed by atoms with Gasteiger partial charge in [0.25, 0.3) is 0 Å². The monoisotopic (exact) mass is 194 g/mol. The van der Waals surface area contributed by atoms with Gasteiger partial charge in [0.15, 0.2) is 0 Å². The summed E-state index contributed by atoms with van der Waals surface area (Å²) in [7, 11) is -1.98. The van der Waals surface area contributed by atoms with Crippen molar-refractivity contribution in [2.45, 2.75) is 13.3 Å². The molecule has 2 heteroatoms. The zero-order chi connectivity index (χ0) is 9.31. The maximum absolute atomic E-state index is 12.4. The van der Waals surface area contributed by atoms with E-state index in [1.54, 1.807) is 0 Å². The third-order valence-corrected chi connectivity index (χ3v) is 6.25. The largest absolute Gasteiger partial charge is 0.319 e. The highest BCUT2D eigenvalue weighted by molar-refractivity contribution is 7.71. The van der Waals surface area contributed by atoms with Crippen molar-refractivity contribution in [2.75, 3.05) is 12.3 Å². The first kappa shape index (κ1) is 9.02. The molecule has 2 rings (SSSR count). The highest BCUT2D eigenvalue weighted by atomic mass is 31.2. The fourth-order valence-corrected chi connectivity index (χ4v) is 5.46. The van der Waals surface area contributed by atoms with E-state index in [1.165, 1.54) is 0 Å². The second-order valence-electron chi connectivity index (χ2n) is 4.02. The topological polar surface area (TPSA) is 17.1 Å². The van der Waals surface area contributed by atoms with E-state index in [-0.39, 0.29) is 0 Å². The molecule has 0 saturated carbocycles. The summed E-state index contributed by atoms with van der Waals surface area (Å²) in [6.45, 7) is 2.20. The van der Waals surface area contributed by atoms with Crippen molar-refractivity contribution in [3.05, 3.63) is 30.3 Å². The Labute approximate surface area is 79.5 Å². The Kier molecular flexibility index (Phi) is 2.29. The third-order valence-electron chi connectivity index (χ3n) is 2.82. The van der Waals surface area contributed by atoms with Crippen LogP contribution in [0, 0.1) is 5.92 Å². The summed E-state index contributed by atoms with van der Waals surface area (Å²) in [5, 5.41) is 1.08. The highest BCUT2D eigenvalue weighted by Gasteiger charge is 2.32. The Hall–Kier alpha value is -0.550. The first-order valence-corrected chi connectivity index (χ1v) is 6.92. The number of hydrogen-bond acceptors (Lipinski definition) is 1. The molecular weight excluding hydrogens is 179 g/mol. The molecule has 70 valence electrons. The highest BCUT2D eigenvalue weighted by Crippen LogP contribution is 2.52. The van der Waals surface area contributed by atoms with Crippen LogP contribution in [-0.2, 0) is 4.57 Å². The van der Waals surface area contributed by atoms with Gasteiger partial charge in [0.1, 0.15) is 7.14 Å². The molecule has 1 fully saturated rings. The molecule has 1 aliphatic rings. The van der Waals surface area contributed by atoms with Gasteiger partial charge >= 0.3 is 0 Å². The second kappa shape index (κ2) is 3.31. The Morgan fingerprint density at radius 1 is 1.31 bits per heavy atom. The second-order valence-corrected chi connectivity index (χ2v) is 7.13. The molecule has 0 aliphatic carbocycles. The zero-order valence-electron chi connectivity index (χ0n) is 7.94. The molecule has 2 atom stereocenters. The Morgan fingerprint density at radius 3 is 2.54 bits per heavy atom. The number of benzene rings is 1. The van der Waals surface area contributed by atoms with Crippen molar-refractivity contribution in [2.24, 2.45) is 5.92 Å². The maximum atomic E-state index is 12.4. The average molecular weight is 194 g/mol. The Morgan fingerprint density at radius 2 is 2.00 bits per heavy atom. The minimum atomic E-state index is -1.98. The first-order valence-electron chi connectivity index (χ1n) is 4.84. The minimum absolute atomic E-state index is 0.644. The summed E-state index contributed by atoms with van der Waals surface area (Å²) in [6.07, 6.45) is 2.96. The molecule has 1 aromatic rings. The SMILES string of the molecule is C[C@@H]1CC[P@](=O)(c2ccccc2)C1. The molecule has 1 saturated heterocycles. The molecule has 1 nitrogen and oxygen atoms in total. The predicted octanol–water partition coefficient (Wildman–Crippen LogP) is 2.71. The van der Waals surface area contributed by atoms with Gasteiger partial charge in [0, 0.05) is 17.6 Å². The summed E-state index contributed by atoms with van der Waals surface area (Å²) < 4.78 is 12.4. The molecule has 0 bridgehead atoms. The van der Waals surface area contributed by atoms with Crippen LogP contribution >= 0.6 is 7.14 Å². The van der Waals surface area contributed by atoms with Gasteiger partial charge in [-0.15, -0.1) is 0 Å². The van der Waals surface area contributed by atoms with E-state index in [1.807, 2.05) is 30.3 Å². The van der Waals surface area contributed by atoms with E-state index in [9.17, 15) is 4.57 Å². The van der Waals surface area contributed by atoms with Gasteiger partial charge in [-0.2, -0.15) is 0 Å². The molecular formula is C11H15OP. The number of hydrogen-bond donors (Lipinski definition) is 0. The van der Waals surface area contributed by atoms with Crippen LogP contribution in [-0.4, -0.2) is 12.3 Å². The molecule has 0 unspecified atom stereocenters. The smallest absolute Gasteiger partial charge is 0.115 e. The zero-order valence-corrected chi connectivity index (χ0v) is 8.84. The van der Waals surface area contributed by atoms with Gasteiger partial charge < -0.3 is 4.57 Å². The quantitative estimate of drug-likeness (QED) is 0.628. The predicted molar refractivity (Wildman–Crippen MR) is 57.2 cm³/mol. The number of rotatable bonds is 1. The van der Waals surface area contributed by atoms with E-state index < -0.39 is 7.14 Å². The van der Waals surface area contributed by atoms with Gasteiger partial charge in [0.05, 0.1) is 0 Å². The third kappa shape index (κ3) is 1.71. The molecule has 1 aromatic carbocycles. The lowest BCUT2D eigenvalue weighted by molar-refractivity contribution is 0.583. The lowest BCUT2D eigenvalue weighted by Crippen LogP contribution is -2.05. The van der Waals surface area contributed by atoms with Crippen LogP contribution in [0.3, 0.4) is 0 Å². The summed E-state index contributed by atoms with van der Waals surface area (Å²) in [6, 6.07) is 9.97. The van der Waals surface area contributed by atoms with Crippen LogP contribution in [0.25, 0.3) is 0 Å². The summed E-state index contributed by atoms with van der Waals surface area (Å²) in [5.41, 5.74) is 0. The average Bonchev–Trinajstić information content (AvgIpc) is 2.49. The van der Waals surface area contributed by atoms with E-state index >= 15 is 0 Å². The van der Waals surface area contributed by atoms with Crippen LogP contribution in [0.15, 0.2) is 30.3 Å². The van der Waals surface area contributed by atoms with Crippen molar-refractivity contribution >= 4 is 12.4 Å². The van der Waals surface area contributed by atoms with Crippen molar-refractivity contribution in [3.8, 4) is 0 Å². The fraction of sp³-hybridized carbons (Fsp3) is 0.455. The van der Waals surface area contributed by atoms with E-state index in [2.05, 4.69) is 6.92 Å². The van der Waals surface area contributed by atoms with Crippen LogP contribution in [0.2, 0.25) is 0 Å². The molecule has 0 aromatic heterocycles. The molecule has 1 aliphatic heterocycles. The van der Waals surface area contributed by atoms with Gasteiger partial charge in [-0.3, -0.25) is 0 Å². The van der Waals surface area contributed by atoms with Crippen molar-refractivity contribution in [1.29, 1.82) is 0 Å². The van der Waals surface area contributed by atoms with Gasteiger partial charge in [-0.1, -0.05) is 37.3 Å². The standard InChI is InChI=1S/C11H15OP/c1-10-7-8-13(12,9-10)11-5-3-2-4-6-11/h2-6,10H,7-9H2,1H3/t10-,13-/m1/s1. The lowest BCUT2D eigenvalue weighted by atomic mass is 10.2. The van der Waals surface area contributed by atoms with Crippen LogP contribution in [0.4, 0.5) is 0 Å². The minimum Gasteiger partial charge on any atom is -0.319 e. The molecule has 13 heavy (non-hydrogen) atoms. The summed E-state index contributed by atoms with van der Waals surface area (Å²) in [4.78, 5) is 0. The van der Waals surface area contributed by atoms with Crippen molar-refractivity contribution < 1.29 is 4.57 Å². The maximum Gasteiger partial charge on any atom is 0.115 e. The van der Waals surface area contributed by atoms with E-state index in [4.69, 9.17) is 0 Å². The Bertz CT molecular complexity index is 331. The molecule has 0 amide bonds. The summed E-state index contributed by atoms with van der Waals surface area (Å²) in [5.74, 6) is 0.644. The van der Waals surface area contributed by atoms with Gasteiger partial charge in [-0.05, 0) is 12.3 Å². The van der Waals surface area contributed by atoms with Gasteiger partial charge in [0.2, 0.25) is 0 Å². The van der Waals surface area contributed by atoms with Crippen LogP contribution in [0.1, 0.15) is 13.3 Å². The van der Waals surface area contributed by atoms with E-state index in [0.29, 0.717) is 5.92 Å². The lowest BCUT2D eigenvalue weighted by Gasteiger charge is -2.10. The fourth-order valence-electron chi connectivity index (χ4n) is 2.05. The summed E-state index contributed by atoms with van der Waals surface area (Å²) >= 11 is 0. The molecule has 0 N–H and O–H groups in total. The molecule has 1 heterocycles. The first-order chi connectivity index (χ1) is 6.21. The molecule has 0 spiro atoms. The van der Waals surface area contributed by atoms with Crippen molar-refractivity contribution in [3.63, 3.8) is 0 Å². The van der Waals surface area contributed by atoms with E-state index in [0.717, 1.165) is 24.0 Å². The Balaban J connectivity index is 2.32. The van der Waals surface area contributed by atoms with Crippen LogP contribution < -0.4 is 5.30 Å². The van der Waals surface area contributed by atoms with Crippen LogP contribution in [0.5, 0.6) is 0 Å². The van der Waals surface area contributed by atoms with Crippen molar-refractivity contribution in [1.82, 2.24) is 0 Å². The normalized spacial score (nSPS) is 33.5. The van der Waals surface area contributed by atoms with Gasteiger partial charge in [-0.25, -0.2) is 0 Å².